The number of carbonyl (C=O) groups is 1. The molecule has 248 valence electrons. The number of halogens is 2. The number of rotatable bonds is 13. The first-order valence-electron chi connectivity index (χ1n) is 15.9. The van der Waals surface area contributed by atoms with Crippen LogP contribution in [0.1, 0.15) is 45.9 Å². The molecule has 11 heteroatoms. The monoisotopic (exact) mass is 677 g/mol. The van der Waals surface area contributed by atoms with Crippen molar-refractivity contribution in [2.75, 3.05) is 13.2 Å². The van der Waals surface area contributed by atoms with E-state index in [4.69, 9.17) is 21.1 Å². The van der Waals surface area contributed by atoms with Gasteiger partial charge in [0.1, 0.15) is 19.2 Å². The number of hydrogen-bond donors (Lipinski definition) is 1. The van der Waals surface area contributed by atoms with Crippen LogP contribution in [0.3, 0.4) is 0 Å². The molecule has 0 saturated carbocycles. The molecule has 2 heterocycles. The topological polar surface area (TPSA) is 93.9 Å². The molecule has 3 atom stereocenters. The lowest BCUT2D eigenvalue weighted by Crippen LogP contribution is -2.47. The quantitative estimate of drug-likeness (QED) is 0.125. The zero-order chi connectivity index (χ0) is 33.6. The highest BCUT2D eigenvalue weighted by molar-refractivity contribution is 6.76. The Morgan fingerprint density at radius 1 is 1.06 bits per heavy atom. The van der Waals surface area contributed by atoms with Crippen molar-refractivity contribution >= 4 is 25.6 Å². The summed E-state index contributed by atoms with van der Waals surface area (Å²) in [6.45, 7) is 7.79. The summed E-state index contributed by atoms with van der Waals surface area (Å²) in [5.41, 5.74) is 1.20. The highest BCUT2D eigenvalue weighted by Gasteiger charge is 2.40. The summed E-state index contributed by atoms with van der Waals surface area (Å²) >= 11 is 6.15. The second-order valence-electron chi connectivity index (χ2n) is 13.1. The first kappa shape index (κ1) is 34.5. The molecule has 0 spiro atoms. The van der Waals surface area contributed by atoms with Crippen LogP contribution in [0.2, 0.25) is 30.7 Å². The van der Waals surface area contributed by atoms with Crippen molar-refractivity contribution < 1.29 is 23.8 Å². The fourth-order valence-electron chi connectivity index (χ4n) is 5.81. The number of aromatic nitrogens is 2. The lowest BCUT2D eigenvalue weighted by molar-refractivity contribution is 0.0421. The van der Waals surface area contributed by atoms with Gasteiger partial charge in [0, 0.05) is 32.2 Å². The Hall–Kier alpha value is -3.83. The summed E-state index contributed by atoms with van der Waals surface area (Å²) in [4.78, 5) is 29.4. The van der Waals surface area contributed by atoms with Gasteiger partial charge in [0.2, 0.25) is 0 Å². The minimum Gasteiger partial charge on any atom is -0.483 e. The molecule has 1 N–H and O–H groups in total. The number of amides is 1. The van der Waals surface area contributed by atoms with E-state index in [0.29, 0.717) is 36.6 Å². The molecule has 1 saturated heterocycles. The molecule has 1 aliphatic rings. The summed E-state index contributed by atoms with van der Waals surface area (Å²) < 4.78 is 27.7. The first-order valence-corrected chi connectivity index (χ1v) is 19.9. The molecule has 1 aliphatic heterocycles. The maximum absolute atomic E-state index is 14.4. The Morgan fingerprint density at radius 2 is 1.81 bits per heavy atom. The second kappa shape index (κ2) is 15.4. The van der Waals surface area contributed by atoms with E-state index in [0.717, 1.165) is 17.2 Å². The molecule has 8 nitrogen and oxygen atoms in total. The summed E-state index contributed by atoms with van der Waals surface area (Å²) in [5.74, 6) is -1.72. The standard InChI is InChI=1S/C36H41ClFN3O5Si/c1-47(2,3)20-19-45-24-40-22-31(46-23-25-9-5-4-6-10-25)35(43)33(39-40)36(44)41-18-8-13-30(41)34(42)32(26-14-16-28(37)17-15-26)27-11-7-12-29(38)21-27/h4-7,9-12,14-17,21-22,30,32,34,42H,8,13,18-20,23-24H2,1-3H3/t30-,32-,34+/m1/s1. The number of carbonyl (C=O) groups excluding carboxylic acids is 1. The van der Waals surface area contributed by atoms with Crippen molar-refractivity contribution in [3.8, 4) is 5.75 Å². The zero-order valence-corrected chi connectivity index (χ0v) is 28.7. The Kier molecular flexibility index (Phi) is 11.3. The highest BCUT2D eigenvalue weighted by atomic mass is 35.5. The highest BCUT2D eigenvalue weighted by Crippen LogP contribution is 2.35. The Balaban J connectivity index is 1.45. The maximum atomic E-state index is 14.4. The predicted octanol–water partition coefficient (Wildman–Crippen LogP) is 6.72. The minimum atomic E-state index is -1.34. The summed E-state index contributed by atoms with van der Waals surface area (Å²) in [5, 5.41) is 16.9. The van der Waals surface area contributed by atoms with Gasteiger partial charge in [-0.1, -0.05) is 85.8 Å². The molecular formula is C36H41ClFN3O5Si. The normalized spacial score (nSPS) is 16.2. The Labute approximate surface area is 280 Å². The van der Waals surface area contributed by atoms with Gasteiger partial charge in [-0.3, -0.25) is 9.59 Å². The van der Waals surface area contributed by atoms with Crippen molar-refractivity contribution in [3.05, 3.63) is 129 Å². The maximum Gasteiger partial charge on any atom is 0.278 e. The van der Waals surface area contributed by atoms with Crippen LogP contribution >= 0.6 is 11.6 Å². The zero-order valence-electron chi connectivity index (χ0n) is 26.9. The van der Waals surface area contributed by atoms with Gasteiger partial charge in [-0.2, -0.15) is 5.10 Å². The summed E-state index contributed by atoms with van der Waals surface area (Å²) in [6, 6.07) is 22.8. The lowest BCUT2D eigenvalue weighted by atomic mass is 9.82. The fraction of sp³-hybridized carbons (Fsp3) is 0.361. The molecule has 1 aromatic heterocycles. The van der Waals surface area contributed by atoms with Gasteiger partial charge in [-0.15, -0.1) is 0 Å². The van der Waals surface area contributed by atoms with Crippen molar-refractivity contribution in [3.63, 3.8) is 0 Å². The largest absolute Gasteiger partial charge is 0.483 e. The third-order valence-corrected chi connectivity index (χ3v) is 10.3. The van der Waals surface area contributed by atoms with Gasteiger partial charge in [0.05, 0.1) is 18.3 Å². The summed E-state index contributed by atoms with van der Waals surface area (Å²) in [6.07, 6.45) is 1.45. The molecule has 4 aromatic rings. The number of aliphatic hydroxyl groups excluding tert-OH is 1. The van der Waals surface area contributed by atoms with Gasteiger partial charge in [-0.25, -0.2) is 9.07 Å². The number of likely N-dealkylation sites (tertiary alicyclic amines) is 1. The van der Waals surface area contributed by atoms with Crippen LogP contribution in [-0.2, 0) is 18.1 Å². The van der Waals surface area contributed by atoms with Crippen molar-refractivity contribution in [2.24, 2.45) is 0 Å². The SMILES string of the molecule is C[Si](C)(C)CCOCn1cc(OCc2ccccc2)c(=O)c(C(=O)N2CCC[C@@H]2[C@H](O)[C@H](c2ccc(Cl)cc2)c2cccc(F)c2)n1. The number of hydrogen-bond acceptors (Lipinski definition) is 6. The van der Waals surface area contributed by atoms with Gasteiger partial charge in [-0.05, 0) is 59.8 Å². The average molecular weight is 678 g/mol. The van der Waals surface area contributed by atoms with E-state index in [1.54, 1.807) is 36.4 Å². The van der Waals surface area contributed by atoms with Crippen LogP contribution in [-0.4, -0.2) is 59.1 Å². The number of nitrogens with zero attached hydrogens (tertiary/aromatic N) is 3. The smallest absolute Gasteiger partial charge is 0.278 e. The van der Waals surface area contributed by atoms with Gasteiger partial charge >= 0.3 is 0 Å². The van der Waals surface area contributed by atoms with Gasteiger partial charge in [0.15, 0.2) is 11.4 Å². The van der Waals surface area contributed by atoms with Crippen LogP contribution in [0.4, 0.5) is 4.39 Å². The van der Waals surface area contributed by atoms with E-state index >= 15 is 0 Å². The molecule has 0 aliphatic carbocycles. The van der Waals surface area contributed by atoms with E-state index < -0.39 is 43.3 Å². The Morgan fingerprint density at radius 3 is 2.51 bits per heavy atom. The molecule has 0 unspecified atom stereocenters. The third-order valence-electron chi connectivity index (χ3n) is 8.33. The Bertz CT molecular complexity index is 1710. The summed E-state index contributed by atoms with van der Waals surface area (Å²) in [7, 11) is -1.34. The van der Waals surface area contributed by atoms with Crippen molar-refractivity contribution in [2.45, 2.75) is 69.9 Å². The number of ether oxygens (including phenoxy) is 2. The van der Waals surface area contributed by atoms with E-state index in [1.165, 1.54) is 27.9 Å². The van der Waals surface area contributed by atoms with Gasteiger partial charge in [0.25, 0.3) is 11.3 Å². The molecule has 47 heavy (non-hydrogen) atoms. The van der Waals surface area contributed by atoms with Crippen molar-refractivity contribution in [1.82, 2.24) is 14.7 Å². The third kappa shape index (κ3) is 8.95. The number of benzene rings is 3. The van der Waals surface area contributed by atoms with E-state index in [2.05, 4.69) is 24.7 Å². The van der Waals surface area contributed by atoms with Crippen LogP contribution < -0.4 is 10.2 Å². The molecular weight excluding hydrogens is 637 g/mol. The molecule has 0 bridgehead atoms. The lowest BCUT2D eigenvalue weighted by Gasteiger charge is -2.34. The van der Waals surface area contributed by atoms with Gasteiger partial charge < -0.3 is 19.5 Å². The molecule has 1 amide bonds. The average Bonchev–Trinajstić information content (AvgIpc) is 3.54. The number of aliphatic hydroxyl groups is 1. The van der Waals surface area contributed by atoms with E-state index in [-0.39, 0.29) is 24.8 Å². The van der Waals surface area contributed by atoms with Crippen molar-refractivity contribution in [1.29, 1.82) is 0 Å². The molecule has 1 fully saturated rings. The van der Waals surface area contributed by atoms with Crippen LogP contribution in [0.25, 0.3) is 0 Å². The minimum absolute atomic E-state index is 0.0175. The van der Waals surface area contributed by atoms with E-state index in [9.17, 15) is 19.1 Å². The fourth-order valence-corrected chi connectivity index (χ4v) is 6.69. The molecule has 0 radical (unpaired) electrons. The van der Waals surface area contributed by atoms with Crippen LogP contribution in [0.15, 0.2) is 89.9 Å². The van der Waals surface area contributed by atoms with E-state index in [1.807, 2.05) is 30.3 Å². The first-order chi connectivity index (χ1) is 22.5. The predicted molar refractivity (Wildman–Crippen MR) is 183 cm³/mol. The second-order valence-corrected chi connectivity index (χ2v) is 19.2. The molecule has 5 rings (SSSR count). The van der Waals surface area contributed by atoms with Crippen LogP contribution in [0.5, 0.6) is 5.75 Å². The molecule has 3 aromatic carbocycles. The van der Waals surface area contributed by atoms with Crippen LogP contribution in [0, 0.1) is 5.82 Å².